The van der Waals surface area contributed by atoms with Gasteiger partial charge in [-0.3, -0.25) is 14.6 Å². The van der Waals surface area contributed by atoms with Crippen LogP contribution in [-0.4, -0.2) is 61.9 Å². The normalized spacial score (nSPS) is 16.7. The highest BCUT2D eigenvalue weighted by atomic mass is 19.1. The molecule has 0 radical (unpaired) electrons. The highest BCUT2D eigenvalue weighted by Crippen LogP contribution is 2.39. The van der Waals surface area contributed by atoms with E-state index in [1.807, 2.05) is 35.2 Å². The number of rotatable bonds is 4. The fraction of sp³-hybridized carbons (Fsp3) is 0.350. The molecular weight excluding hydrogens is 389 g/mol. The smallest absolute Gasteiger partial charge is 0.288 e. The van der Waals surface area contributed by atoms with Gasteiger partial charge < -0.3 is 9.80 Å². The monoisotopic (exact) mass is 409 g/mol. The summed E-state index contributed by atoms with van der Waals surface area (Å²) in [6.45, 7) is 1.85. The maximum Gasteiger partial charge on any atom is 0.288 e. The largest absolute Gasteiger partial charge is 0.339 e. The van der Waals surface area contributed by atoms with E-state index in [2.05, 4.69) is 20.2 Å². The molecule has 1 aliphatic heterocycles. The predicted octanol–water partition coefficient (Wildman–Crippen LogP) is 1.33. The van der Waals surface area contributed by atoms with Gasteiger partial charge in [0.2, 0.25) is 11.8 Å². The molecule has 3 heterocycles. The Morgan fingerprint density at radius 1 is 1.10 bits per heavy atom. The number of hydrogen-bond donors (Lipinski definition) is 1. The van der Waals surface area contributed by atoms with E-state index in [0.29, 0.717) is 32.1 Å². The summed E-state index contributed by atoms with van der Waals surface area (Å²) < 4.78 is 14.0. The molecule has 154 valence electrons. The van der Waals surface area contributed by atoms with Crippen molar-refractivity contribution in [2.75, 3.05) is 31.1 Å². The molecule has 1 saturated carbocycles. The Balaban J connectivity index is 1.27. The van der Waals surface area contributed by atoms with Crippen LogP contribution in [0.5, 0.6) is 0 Å². The minimum atomic E-state index is -0.781. The van der Waals surface area contributed by atoms with Gasteiger partial charge in [0.05, 0.1) is 17.6 Å². The molecule has 0 bridgehead atoms. The molecule has 3 aromatic rings. The van der Waals surface area contributed by atoms with Crippen LogP contribution in [0.15, 0.2) is 41.3 Å². The van der Waals surface area contributed by atoms with Gasteiger partial charge in [-0.15, -0.1) is 5.10 Å². The number of anilines is 1. The third-order valence-corrected chi connectivity index (χ3v) is 5.40. The number of carbonyl (C=O) groups is 1. The number of nitrogens with one attached hydrogen (secondary N) is 1. The van der Waals surface area contributed by atoms with Crippen molar-refractivity contribution in [3.05, 3.63) is 64.1 Å². The maximum absolute atomic E-state index is 14.0. The van der Waals surface area contributed by atoms with E-state index in [4.69, 9.17) is 0 Å². The minimum absolute atomic E-state index is 0.0427. The summed E-state index contributed by atoms with van der Waals surface area (Å²) in [7, 11) is 0. The van der Waals surface area contributed by atoms with Crippen LogP contribution in [0.2, 0.25) is 0 Å². The van der Waals surface area contributed by atoms with Crippen LogP contribution in [0.4, 0.5) is 10.3 Å². The highest BCUT2D eigenvalue weighted by molar-refractivity contribution is 5.92. The molecule has 1 amide bonds. The summed E-state index contributed by atoms with van der Waals surface area (Å²) in [6, 6.07) is 9.37. The second kappa shape index (κ2) is 7.36. The van der Waals surface area contributed by atoms with Crippen LogP contribution in [0.3, 0.4) is 0 Å². The van der Waals surface area contributed by atoms with Gasteiger partial charge in [0.15, 0.2) is 5.69 Å². The van der Waals surface area contributed by atoms with Gasteiger partial charge in [-0.1, -0.05) is 18.2 Å². The van der Waals surface area contributed by atoms with Crippen molar-refractivity contribution in [3.8, 4) is 5.69 Å². The molecule has 9 nitrogen and oxygen atoms in total. The van der Waals surface area contributed by atoms with E-state index >= 15 is 0 Å². The summed E-state index contributed by atoms with van der Waals surface area (Å²) in [5, 5.41) is 8.47. The zero-order chi connectivity index (χ0) is 20.7. The first-order valence-corrected chi connectivity index (χ1v) is 9.92. The summed E-state index contributed by atoms with van der Waals surface area (Å²) in [6.07, 6.45) is 3.18. The van der Waals surface area contributed by atoms with Gasteiger partial charge in [-0.25, -0.2) is 4.98 Å². The van der Waals surface area contributed by atoms with Crippen molar-refractivity contribution in [1.29, 1.82) is 0 Å². The zero-order valence-electron chi connectivity index (χ0n) is 16.2. The lowest BCUT2D eigenvalue weighted by molar-refractivity contribution is 0.0739. The second-order valence-corrected chi connectivity index (χ2v) is 7.50. The van der Waals surface area contributed by atoms with Crippen LogP contribution >= 0.6 is 0 Å². The number of nitrogens with zero attached hydrogens (tertiary/aromatic N) is 6. The lowest BCUT2D eigenvalue weighted by Gasteiger charge is -2.34. The summed E-state index contributed by atoms with van der Waals surface area (Å²) in [4.78, 5) is 36.6. The Hall–Kier alpha value is -3.56. The second-order valence-electron chi connectivity index (χ2n) is 7.50. The van der Waals surface area contributed by atoms with Gasteiger partial charge >= 0.3 is 0 Å². The molecule has 1 aliphatic carbocycles. The first-order chi connectivity index (χ1) is 14.6. The summed E-state index contributed by atoms with van der Waals surface area (Å²) in [5.41, 5.74) is 0.568. The highest BCUT2D eigenvalue weighted by Gasteiger charge is 2.31. The topological polar surface area (TPSA) is 100 Å². The van der Waals surface area contributed by atoms with E-state index in [1.54, 1.807) is 4.90 Å². The van der Waals surface area contributed by atoms with Gasteiger partial charge in [-0.05, 0) is 25.0 Å². The van der Waals surface area contributed by atoms with Crippen LogP contribution in [-0.2, 0) is 0 Å². The Morgan fingerprint density at radius 3 is 2.53 bits per heavy atom. The summed E-state index contributed by atoms with van der Waals surface area (Å²) >= 11 is 0. The minimum Gasteiger partial charge on any atom is -0.339 e. The zero-order valence-corrected chi connectivity index (χ0v) is 16.2. The standard InChI is InChI=1S/C20H20FN7O2/c21-16-17(13-6-7-13)23-20(24-18(16)29)27-10-8-26(9-11-27)19(30)15-12-22-28(25-15)14-4-2-1-3-5-14/h1-5,12-13H,6-11H2,(H,23,24,29). The molecule has 10 heteroatoms. The van der Waals surface area contributed by atoms with Gasteiger partial charge in [-0.2, -0.15) is 14.3 Å². The van der Waals surface area contributed by atoms with Crippen molar-refractivity contribution in [1.82, 2.24) is 29.9 Å². The fourth-order valence-corrected chi connectivity index (χ4v) is 3.57. The Kier molecular flexibility index (Phi) is 4.53. The first-order valence-electron chi connectivity index (χ1n) is 9.92. The van der Waals surface area contributed by atoms with Gasteiger partial charge in [0, 0.05) is 32.1 Å². The lowest BCUT2D eigenvalue weighted by atomic mass is 10.2. The fourth-order valence-electron chi connectivity index (χ4n) is 3.57. The van der Waals surface area contributed by atoms with Crippen molar-refractivity contribution >= 4 is 11.9 Å². The predicted molar refractivity (Wildman–Crippen MR) is 106 cm³/mol. The number of hydrogen-bond acceptors (Lipinski definition) is 6. The average Bonchev–Trinajstić information content (AvgIpc) is 3.51. The molecule has 5 rings (SSSR count). The number of carbonyl (C=O) groups excluding carboxylic acids is 1. The van der Waals surface area contributed by atoms with Crippen LogP contribution in [0.1, 0.15) is 34.9 Å². The van der Waals surface area contributed by atoms with Crippen molar-refractivity contribution in [2.24, 2.45) is 0 Å². The third-order valence-electron chi connectivity index (χ3n) is 5.40. The number of aromatic amines is 1. The number of piperazine rings is 1. The van der Waals surface area contributed by atoms with E-state index in [9.17, 15) is 14.0 Å². The molecule has 1 saturated heterocycles. The maximum atomic E-state index is 14.0. The molecular formula is C20H20FN7O2. The van der Waals surface area contributed by atoms with E-state index in [1.165, 1.54) is 11.0 Å². The van der Waals surface area contributed by atoms with E-state index in [-0.39, 0.29) is 23.2 Å². The number of amides is 1. The number of para-hydroxylation sites is 1. The van der Waals surface area contributed by atoms with Crippen molar-refractivity contribution in [2.45, 2.75) is 18.8 Å². The van der Waals surface area contributed by atoms with Gasteiger partial charge in [0.25, 0.3) is 11.5 Å². The molecule has 2 aromatic heterocycles. The number of benzene rings is 1. The number of H-pyrrole nitrogens is 1. The van der Waals surface area contributed by atoms with Crippen molar-refractivity contribution in [3.63, 3.8) is 0 Å². The molecule has 0 atom stereocenters. The first kappa shape index (κ1) is 18.5. The lowest BCUT2D eigenvalue weighted by Crippen LogP contribution is -2.49. The number of aromatic nitrogens is 5. The SMILES string of the molecule is O=C(c1cnn(-c2ccccc2)n1)N1CCN(c2nc(C3CC3)c(F)c(=O)[nH]2)CC1. The van der Waals surface area contributed by atoms with Crippen LogP contribution in [0.25, 0.3) is 5.69 Å². The Bertz CT molecular complexity index is 1130. The molecule has 30 heavy (non-hydrogen) atoms. The molecule has 2 fully saturated rings. The molecule has 0 spiro atoms. The molecule has 1 aromatic carbocycles. The van der Waals surface area contributed by atoms with Crippen LogP contribution < -0.4 is 10.5 Å². The molecule has 2 aliphatic rings. The summed E-state index contributed by atoms with van der Waals surface area (Å²) in [5.74, 6) is -0.570. The molecule has 1 N–H and O–H groups in total. The Morgan fingerprint density at radius 2 is 1.83 bits per heavy atom. The molecule has 0 unspecified atom stereocenters. The van der Waals surface area contributed by atoms with Gasteiger partial charge in [0.1, 0.15) is 0 Å². The Labute approximate surface area is 171 Å². The van der Waals surface area contributed by atoms with Crippen molar-refractivity contribution < 1.29 is 9.18 Å². The van der Waals surface area contributed by atoms with E-state index in [0.717, 1.165) is 18.5 Å². The third kappa shape index (κ3) is 3.44. The quantitative estimate of drug-likeness (QED) is 0.698. The average molecular weight is 409 g/mol. The van der Waals surface area contributed by atoms with E-state index < -0.39 is 11.4 Å². The number of halogens is 1. The van der Waals surface area contributed by atoms with Crippen LogP contribution in [0, 0.1) is 5.82 Å².